The summed E-state index contributed by atoms with van der Waals surface area (Å²) < 4.78 is 31.6. The van der Waals surface area contributed by atoms with Crippen LogP contribution in [0.5, 0.6) is 0 Å². The quantitative estimate of drug-likeness (QED) is 0.619. The molecule has 0 atom stereocenters. The molecule has 0 unspecified atom stereocenters. The summed E-state index contributed by atoms with van der Waals surface area (Å²) >= 11 is 3.19. The number of hydrogen-bond donors (Lipinski definition) is 0. The maximum Gasteiger partial charge on any atom is 0.400 e. The predicted molar refractivity (Wildman–Crippen MR) is 64.4 cm³/mol. The fourth-order valence-corrected chi connectivity index (χ4v) is 1.50. The minimum atomic E-state index is -4.09. The third-order valence-corrected chi connectivity index (χ3v) is 2.69. The van der Waals surface area contributed by atoms with Gasteiger partial charge in [-0.25, -0.2) is 4.79 Å². The van der Waals surface area contributed by atoms with Gasteiger partial charge < -0.3 is 4.74 Å². The second kappa shape index (κ2) is 6.04. The summed E-state index contributed by atoms with van der Waals surface area (Å²) in [6.07, 6.45) is -0.515. The molecule has 0 radical (unpaired) electrons. The van der Waals surface area contributed by atoms with Gasteiger partial charge in [0.2, 0.25) is 5.78 Å². The highest BCUT2D eigenvalue weighted by atomic mass is 79.9. The van der Waals surface area contributed by atoms with Crippen molar-refractivity contribution in [1.29, 1.82) is 0 Å². The van der Waals surface area contributed by atoms with Gasteiger partial charge in [-0.3, -0.25) is 4.79 Å². The molecule has 0 bridgehead atoms. The minimum absolute atomic E-state index is 0.194. The number of halogens is 3. The van der Waals surface area contributed by atoms with E-state index in [1.807, 2.05) is 0 Å². The zero-order chi connectivity index (χ0) is 13.8. The first kappa shape index (κ1) is 14.8. The van der Waals surface area contributed by atoms with Gasteiger partial charge in [0.25, 0.3) is 0 Å². The lowest BCUT2D eigenvalue weighted by atomic mass is 10.1. The maximum absolute atomic E-state index is 13.3. The number of benzene rings is 1. The lowest BCUT2D eigenvalue weighted by Gasteiger charge is -2.13. The summed E-state index contributed by atoms with van der Waals surface area (Å²) in [5.74, 6) is -7.36. The van der Waals surface area contributed by atoms with Gasteiger partial charge in [0, 0.05) is 10.9 Å². The number of carbonyl (C=O) groups excluding carboxylic acids is 2. The average Bonchev–Trinajstić information content (AvgIpc) is 2.32. The molecule has 0 heterocycles. The standard InChI is InChI=1S/C12H11BrF2O3/c1-2-18-11(17)12(14,15)10(16)7-8-3-5-9(13)6-4-8/h3-6H,2,7H2,1H3. The van der Waals surface area contributed by atoms with E-state index in [-0.39, 0.29) is 6.61 Å². The molecule has 0 spiro atoms. The lowest BCUT2D eigenvalue weighted by Crippen LogP contribution is -2.40. The summed E-state index contributed by atoms with van der Waals surface area (Å²) in [7, 11) is 0. The van der Waals surface area contributed by atoms with Crippen LogP contribution in [0.25, 0.3) is 0 Å². The molecule has 6 heteroatoms. The molecular weight excluding hydrogens is 310 g/mol. The Morgan fingerprint density at radius 3 is 2.33 bits per heavy atom. The van der Waals surface area contributed by atoms with Crippen molar-refractivity contribution in [3.63, 3.8) is 0 Å². The van der Waals surface area contributed by atoms with Crippen molar-refractivity contribution < 1.29 is 23.1 Å². The van der Waals surface area contributed by atoms with E-state index in [9.17, 15) is 18.4 Å². The minimum Gasteiger partial charge on any atom is -0.461 e. The number of esters is 1. The SMILES string of the molecule is CCOC(=O)C(F)(F)C(=O)Cc1ccc(Br)cc1. The van der Waals surface area contributed by atoms with E-state index in [1.54, 1.807) is 12.1 Å². The molecule has 18 heavy (non-hydrogen) atoms. The largest absolute Gasteiger partial charge is 0.461 e. The Labute approximate surface area is 111 Å². The van der Waals surface area contributed by atoms with Crippen LogP contribution in [-0.4, -0.2) is 24.3 Å². The molecule has 1 rings (SSSR count). The molecule has 0 saturated carbocycles. The van der Waals surface area contributed by atoms with E-state index < -0.39 is 24.1 Å². The van der Waals surface area contributed by atoms with Crippen LogP contribution in [0.15, 0.2) is 28.7 Å². The van der Waals surface area contributed by atoms with Gasteiger partial charge in [-0.2, -0.15) is 8.78 Å². The van der Waals surface area contributed by atoms with Crippen LogP contribution >= 0.6 is 15.9 Å². The molecule has 0 aromatic heterocycles. The van der Waals surface area contributed by atoms with Crippen molar-refractivity contribution in [3.05, 3.63) is 34.3 Å². The monoisotopic (exact) mass is 320 g/mol. The lowest BCUT2D eigenvalue weighted by molar-refractivity contribution is -0.176. The third kappa shape index (κ3) is 3.60. The van der Waals surface area contributed by atoms with Crippen LogP contribution in [-0.2, 0) is 20.7 Å². The number of alkyl halides is 2. The van der Waals surface area contributed by atoms with Gasteiger partial charge in [-0.1, -0.05) is 28.1 Å². The number of rotatable bonds is 5. The summed E-state index contributed by atoms with van der Waals surface area (Å²) in [6, 6.07) is 6.32. The van der Waals surface area contributed by atoms with Crippen LogP contribution in [0.3, 0.4) is 0 Å². The third-order valence-electron chi connectivity index (χ3n) is 2.16. The molecule has 0 saturated heterocycles. The molecule has 0 fully saturated rings. The van der Waals surface area contributed by atoms with Crippen molar-refractivity contribution in [2.45, 2.75) is 19.3 Å². The highest BCUT2D eigenvalue weighted by Gasteiger charge is 2.48. The van der Waals surface area contributed by atoms with E-state index in [0.717, 1.165) is 4.47 Å². The zero-order valence-electron chi connectivity index (χ0n) is 9.58. The fraction of sp³-hybridized carbons (Fsp3) is 0.333. The topological polar surface area (TPSA) is 43.4 Å². The number of carbonyl (C=O) groups is 2. The molecule has 1 aromatic carbocycles. The molecule has 0 aliphatic heterocycles. The van der Waals surface area contributed by atoms with Gasteiger partial charge in [-0.05, 0) is 24.6 Å². The molecule has 1 aromatic rings. The Morgan fingerprint density at radius 1 is 1.28 bits per heavy atom. The average molecular weight is 321 g/mol. The van der Waals surface area contributed by atoms with Crippen molar-refractivity contribution in [1.82, 2.24) is 0 Å². The van der Waals surface area contributed by atoms with Crippen molar-refractivity contribution >= 4 is 27.7 Å². The number of hydrogen-bond acceptors (Lipinski definition) is 3. The Kier molecular flexibility index (Phi) is 4.95. The molecule has 98 valence electrons. The van der Waals surface area contributed by atoms with Crippen LogP contribution in [0.4, 0.5) is 8.78 Å². The van der Waals surface area contributed by atoms with E-state index in [2.05, 4.69) is 20.7 Å². The van der Waals surface area contributed by atoms with Crippen LogP contribution in [0, 0.1) is 0 Å². The van der Waals surface area contributed by atoms with E-state index in [0.29, 0.717) is 5.56 Å². The van der Waals surface area contributed by atoms with Gasteiger partial charge in [0.15, 0.2) is 0 Å². The smallest absolute Gasteiger partial charge is 0.400 e. The molecule has 0 N–H and O–H groups in total. The number of ketones is 1. The maximum atomic E-state index is 13.3. The summed E-state index contributed by atoms with van der Waals surface area (Å²) in [5.41, 5.74) is 0.409. The fourth-order valence-electron chi connectivity index (χ4n) is 1.23. The summed E-state index contributed by atoms with van der Waals surface area (Å²) in [6.45, 7) is 1.20. The van der Waals surface area contributed by atoms with Gasteiger partial charge in [-0.15, -0.1) is 0 Å². The molecule has 3 nitrogen and oxygen atoms in total. The number of ether oxygens (including phenoxy) is 1. The first-order valence-corrected chi connectivity index (χ1v) is 6.00. The normalized spacial score (nSPS) is 11.1. The molecule has 0 aliphatic rings. The molecule has 0 aliphatic carbocycles. The highest BCUT2D eigenvalue weighted by Crippen LogP contribution is 2.20. The van der Waals surface area contributed by atoms with Crippen molar-refractivity contribution in [3.8, 4) is 0 Å². The van der Waals surface area contributed by atoms with E-state index in [1.165, 1.54) is 19.1 Å². The van der Waals surface area contributed by atoms with Gasteiger partial charge in [0.1, 0.15) is 0 Å². The molecule has 0 amide bonds. The summed E-state index contributed by atoms with van der Waals surface area (Å²) in [5, 5.41) is 0. The van der Waals surface area contributed by atoms with Crippen LogP contribution in [0.2, 0.25) is 0 Å². The highest BCUT2D eigenvalue weighted by molar-refractivity contribution is 9.10. The van der Waals surface area contributed by atoms with Crippen LogP contribution in [0.1, 0.15) is 12.5 Å². The van der Waals surface area contributed by atoms with Crippen molar-refractivity contribution in [2.75, 3.05) is 6.61 Å². The zero-order valence-corrected chi connectivity index (χ0v) is 11.2. The molecular formula is C12H11BrF2O3. The van der Waals surface area contributed by atoms with Crippen molar-refractivity contribution in [2.24, 2.45) is 0 Å². The van der Waals surface area contributed by atoms with Gasteiger partial charge >= 0.3 is 11.9 Å². The number of Topliss-reactive ketones (excluding diaryl/α,β-unsaturated/α-hetero) is 1. The van der Waals surface area contributed by atoms with Gasteiger partial charge in [0.05, 0.1) is 6.61 Å². The Balaban J connectivity index is 2.75. The Hall–Kier alpha value is -1.30. The van der Waals surface area contributed by atoms with Crippen LogP contribution < -0.4 is 0 Å². The Morgan fingerprint density at radius 2 is 1.83 bits per heavy atom. The first-order valence-electron chi connectivity index (χ1n) is 5.20. The predicted octanol–water partition coefficient (Wildman–Crippen LogP) is 2.76. The second-order valence-electron chi connectivity index (χ2n) is 3.52. The first-order chi connectivity index (χ1) is 8.37. The summed E-state index contributed by atoms with van der Waals surface area (Å²) in [4.78, 5) is 22.3. The van der Waals surface area contributed by atoms with E-state index in [4.69, 9.17) is 0 Å². The second-order valence-corrected chi connectivity index (χ2v) is 4.44. The Bertz CT molecular complexity index is 443. The van der Waals surface area contributed by atoms with E-state index >= 15 is 0 Å².